The van der Waals surface area contributed by atoms with Crippen LogP contribution < -0.4 is 20.9 Å². The molecule has 0 bridgehead atoms. The molecule has 0 unspecified atom stereocenters. The molecule has 3 rings (SSSR count). The molecule has 0 fully saturated rings. The van der Waals surface area contributed by atoms with Gasteiger partial charge in [-0.25, -0.2) is 9.97 Å². The topological polar surface area (TPSA) is 131 Å². The second kappa shape index (κ2) is 9.32. The van der Waals surface area contributed by atoms with E-state index >= 15 is 0 Å². The second-order valence-corrected chi connectivity index (χ2v) is 6.20. The molecule has 0 spiro atoms. The number of hydrogen-bond acceptors (Lipinski definition) is 8. The van der Waals surface area contributed by atoms with E-state index in [4.69, 9.17) is 4.74 Å². The highest BCUT2D eigenvalue weighted by Gasteiger charge is 2.23. The van der Waals surface area contributed by atoms with Crippen LogP contribution in [-0.4, -0.2) is 27.4 Å². The zero-order valence-electron chi connectivity index (χ0n) is 16.4. The van der Waals surface area contributed by atoms with Crippen LogP contribution in [0, 0.1) is 17.0 Å². The number of nitro groups is 1. The Kier molecular flexibility index (Phi) is 6.38. The first-order chi connectivity index (χ1) is 14.5. The van der Waals surface area contributed by atoms with E-state index in [0.717, 1.165) is 11.9 Å². The van der Waals surface area contributed by atoms with E-state index in [9.17, 15) is 14.9 Å². The van der Waals surface area contributed by atoms with Crippen molar-refractivity contribution in [2.45, 2.75) is 13.8 Å². The van der Waals surface area contributed by atoms with Gasteiger partial charge in [-0.1, -0.05) is 17.7 Å². The standard InChI is InChI=1S/C20H20N6O4/c1-3-30-16-10-8-15(9-11-16)23-18-17(26(28)29)19(22-12-21-18)24-25-20(27)14-6-4-13(2)5-7-14/h4-12H,3H2,1-2H3,(H,25,27)(H2,21,22,23,24). The Morgan fingerprint density at radius 1 is 1.07 bits per heavy atom. The number of amides is 1. The molecule has 0 saturated carbocycles. The Hall–Kier alpha value is -4.21. The summed E-state index contributed by atoms with van der Waals surface area (Å²) in [5, 5.41) is 14.5. The fraction of sp³-hybridized carbons (Fsp3) is 0.150. The van der Waals surface area contributed by atoms with Gasteiger partial charge in [0, 0.05) is 11.3 Å². The fourth-order valence-corrected chi connectivity index (χ4v) is 2.57. The molecule has 1 aromatic heterocycles. The summed E-state index contributed by atoms with van der Waals surface area (Å²) in [6, 6.07) is 13.8. The van der Waals surface area contributed by atoms with Crippen molar-refractivity contribution in [3.8, 4) is 5.75 Å². The number of benzene rings is 2. The van der Waals surface area contributed by atoms with Crippen LogP contribution in [0.25, 0.3) is 0 Å². The van der Waals surface area contributed by atoms with Gasteiger partial charge in [0.2, 0.25) is 11.6 Å². The highest BCUT2D eigenvalue weighted by Crippen LogP contribution is 2.31. The maximum atomic E-state index is 12.3. The lowest BCUT2D eigenvalue weighted by Crippen LogP contribution is -2.30. The summed E-state index contributed by atoms with van der Waals surface area (Å²) in [5.41, 5.74) is 6.50. The smallest absolute Gasteiger partial charge is 0.355 e. The Labute approximate surface area is 172 Å². The molecule has 30 heavy (non-hydrogen) atoms. The summed E-state index contributed by atoms with van der Waals surface area (Å²) in [7, 11) is 0. The molecule has 3 aromatic rings. The van der Waals surface area contributed by atoms with Gasteiger partial charge >= 0.3 is 5.69 Å². The predicted octanol–water partition coefficient (Wildman–Crippen LogP) is 3.59. The maximum Gasteiger partial charge on any atom is 0.355 e. The van der Waals surface area contributed by atoms with E-state index in [2.05, 4.69) is 26.1 Å². The predicted molar refractivity (Wildman–Crippen MR) is 112 cm³/mol. The van der Waals surface area contributed by atoms with Crippen molar-refractivity contribution in [1.82, 2.24) is 15.4 Å². The van der Waals surface area contributed by atoms with E-state index in [1.807, 2.05) is 13.8 Å². The summed E-state index contributed by atoms with van der Waals surface area (Å²) in [5.74, 6) is 0.0560. The zero-order chi connectivity index (χ0) is 21.5. The molecule has 0 radical (unpaired) electrons. The van der Waals surface area contributed by atoms with Crippen LogP contribution in [-0.2, 0) is 0 Å². The molecule has 3 N–H and O–H groups in total. The SMILES string of the molecule is CCOc1ccc(Nc2ncnc(NNC(=O)c3ccc(C)cc3)c2[N+](=O)[O-])cc1. The Morgan fingerprint density at radius 2 is 1.73 bits per heavy atom. The fourth-order valence-electron chi connectivity index (χ4n) is 2.57. The van der Waals surface area contributed by atoms with Gasteiger partial charge in [0.15, 0.2) is 0 Å². The lowest BCUT2D eigenvalue weighted by atomic mass is 10.1. The average Bonchev–Trinajstić information content (AvgIpc) is 2.74. The lowest BCUT2D eigenvalue weighted by Gasteiger charge is -2.11. The molecule has 0 aliphatic heterocycles. The van der Waals surface area contributed by atoms with E-state index < -0.39 is 16.5 Å². The number of carbonyl (C=O) groups excluding carboxylic acids is 1. The number of hydrazine groups is 1. The first-order valence-corrected chi connectivity index (χ1v) is 9.10. The van der Waals surface area contributed by atoms with Crippen LogP contribution in [0.4, 0.5) is 23.0 Å². The third-order valence-electron chi connectivity index (χ3n) is 4.04. The molecule has 1 heterocycles. The van der Waals surface area contributed by atoms with Gasteiger partial charge in [0.25, 0.3) is 5.91 Å². The summed E-state index contributed by atoms with van der Waals surface area (Å²) in [4.78, 5) is 31.1. The van der Waals surface area contributed by atoms with Gasteiger partial charge in [-0.05, 0) is 50.2 Å². The highest BCUT2D eigenvalue weighted by atomic mass is 16.6. The van der Waals surface area contributed by atoms with Crippen LogP contribution in [0.2, 0.25) is 0 Å². The maximum absolute atomic E-state index is 12.3. The average molecular weight is 408 g/mol. The summed E-state index contributed by atoms with van der Waals surface area (Å²) in [6.45, 7) is 4.32. The van der Waals surface area contributed by atoms with Gasteiger partial charge in [-0.2, -0.15) is 0 Å². The van der Waals surface area contributed by atoms with Crippen molar-refractivity contribution in [2.24, 2.45) is 0 Å². The number of ether oxygens (including phenoxy) is 1. The van der Waals surface area contributed by atoms with E-state index in [1.165, 1.54) is 0 Å². The van der Waals surface area contributed by atoms with Crippen molar-refractivity contribution in [2.75, 3.05) is 17.3 Å². The number of nitrogens with zero attached hydrogens (tertiary/aromatic N) is 3. The summed E-state index contributed by atoms with van der Waals surface area (Å²) in [6.07, 6.45) is 1.16. The van der Waals surface area contributed by atoms with Gasteiger partial charge in [-0.15, -0.1) is 0 Å². The van der Waals surface area contributed by atoms with Crippen molar-refractivity contribution in [1.29, 1.82) is 0 Å². The van der Waals surface area contributed by atoms with Crippen LogP contribution in [0.1, 0.15) is 22.8 Å². The highest BCUT2D eigenvalue weighted by molar-refractivity contribution is 5.95. The number of aromatic nitrogens is 2. The van der Waals surface area contributed by atoms with Gasteiger partial charge < -0.3 is 10.1 Å². The molecular weight excluding hydrogens is 388 g/mol. The molecular formula is C20H20N6O4. The summed E-state index contributed by atoms with van der Waals surface area (Å²) >= 11 is 0. The number of anilines is 3. The molecule has 0 aliphatic rings. The Morgan fingerprint density at radius 3 is 2.37 bits per heavy atom. The van der Waals surface area contributed by atoms with Crippen molar-refractivity contribution in [3.63, 3.8) is 0 Å². The van der Waals surface area contributed by atoms with Gasteiger partial charge in [-0.3, -0.25) is 25.8 Å². The minimum Gasteiger partial charge on any atom is -0.494 e. The van der Waals surface area contributed by atoms with E-state index in [-0.39, 0.29) is 11.6 Å². The number of nitrogens with one attached hydrogen (secondary N) is 3. The molecule has 0 saturated heterocycles. The third-order valence-corrected chi connectivity index (χ3v) is 4.04. The normalized spacial score (nSPS) is 10.2. The van der Waals surface area contributed by atoms with Gasteiger partial charge in [0.1, 0.15) is 12.1 Å². The minimum atomic E-state index is -0.628. The molecule has 0 aliphatic carbocycles. The quantitative estimate of drug-likeness (QED) is 0.381. The van der Waals surface area contributed by atoms with Crippen molar-refractivity contribution in [3.05, 3.63) is 76.1 Å². The number of carbonyl (C=O) groups is 1. The first-order valence-electron chi connectivity index (χ1n) is 9.10. The second-order valence-electron chi connectivity index (χ2n) is 6.20. The van der Waals surface area contributed by atoms with Crippen LogP contribution in [0.15, 0.2) is 54.9 Å². The van der Waals surface area contributed by atoms with Crippen LogP contribution in [0.3, 0.4) is 0 Å². The Bertz CT molecular complexity index is 1040. The Balaban J connectivity index is 1.77. The molecule has 10 nitrogen and oxygen atoms in total. The number of rotatable bonds is 8. The third kappa shape index (κ3) is 4.98. The van der Waals surface area contributed by atoms with E-state index in [1.54, 1.807) is 48.5 Å². The first kappa shape index (κ1) is 20.5. The lowest BCUT2D eigenvalue weighted by molar-refractivity contribution is -0.383. The molecule has 0 atom stereocenters. The van der Waals surface area contributed by atoms with Crippen molar-refractivity contribution < 1.29 is 14.5 Å². The summed E-state index contributed by atoms with van der Waals surface area (Å²) < 4.78 is 5.38. The minimum absolute atomic E-state index is 0.0220. The number of hydrogen-bond donors (Lipinski definition) is 3. The monoisotopic (exact) mass is 408 g/mol. The molecule has 2 aromatic carbocycles. The van der Waals surface area contributed by atoms with Gasteiger partial charge in [0.05, 0.1) is 11.5 Å². The van der Waals surface area contributed by atoms with Crippen LogP contribution in [0.5, 0.6) is 5.75 Å². The zero-order valence-corrected chi connectivity index (χ0v) is 16.4. The molecule has 1 amide bonds. The largest absolute Gasteiger partial charge is 0.494 e. The number of aryl methyl sites for hydroxylation is 1. The molecule has 10 heteroatoms. The van der Waals surface area contributed by atoms with Crippen molar-refractivity contribution >= 4 is 28.9 Å². The van der Waals surface area contributed by atoms with E-state index in [0.29, 0.717) is 23.6 Å². The molecule has 154 valence electrons. The van der Waals surface area contributed by atoms with Crippen LogP contribution >= 0.6 is 0 Å².